The minimum atomic E-state index is -0.166. The number of carbonyl (C=O) groups is 3. The van der Waals surface area contributed by atoms with E-state index < -0.39 is 0 Å². The Hall–Kier alpha value is -3.06. The van der Waals surface area contributed by atoms with Crippen molar-refractivity contribution in [3.8, 4) is 5.75 Å². The lowest BCUT2D eigenvalue weighted by atomic mass is 10.1. The van der Waals surface area contributed by atoms with E-state index in [0.717, 1.165) is 21.5 Å². The van der Waals surface area contributed by atoms with Gasteiger partial charge in [0.1, 0.15) is 17.0 Å². The van der Waals surface area contributed by atoms with Crippen molar-refractivity contribution in [1.29, 1.82) is 0 Å². The Labute approximate surface area is 185 Å². The van der Waals surface area contributed by atoms with Crippen LogP contribution in [-0.4, -0.2) is 35.6 Å². The fourth-order valence-corrected chi connectivity index (χ4v) is 3.94. The number of aromatic nitrogens is 1. The predicted octanol–water partition coefficient (Wildman–Crippen LogP) is 4.50. The quantitative estimate of drug-likeness (QED) is 0.332. The second-order valence-electron chi connectivity index (χ2n) is 7.26. The van der Waals surface area contributed by atoms with Gasteiger partial charge in [0.2, 0.25) is 5.91 Å². The number of para-hydroxylation sites is 1. The number of aryl methyl sites for hydroxylation is 1. The molecule has 1 amide bonds. The van der Waals surface area contributed by atoms with Crippen molar-refractivity contribution in [1.82, 2.24) is 10.3 Å². The third-order valence-electron chi connectivity index (χ3n) is 4.77. The van der Waals surface area contributed by atoms with E-state index in [0.29, 0.717) is 24.4 Å². The lowest BCUT2D eigenvalue weighted by Crippen LogP contribution is -2.26. The molecule has 0 spiro atoms. The maximum absolute atomic E-state index is 12.0. The number of pyridine rings is 1. The summed E-state index contributed by atoms with van der Waals surface area (Å²) in [5.74, 6) is 0.475. The van der Waals surface area contributed by atoms with Gasteiger partial charge in [0.05, 0.1) is 11.5 Å². The van der Waals surface area contributed by atoms with Crippen molar-refractivity contribution in [2.45, 2.75) is 39.0 Å². The molecule has 2 heterocycles. The molecule has 0 aliphatic heterocycles. The lowest BCUT2D eigenvalue weighted by Gasteiger charge is -2.09. The van der Waals surface area contributed by atoms with Crippen LogP contribution in [0.15, 0.2) is 48.7 Å². The second-order valence-corrected chi connectivity index (χ2v) is 8.54. The van der Waals surface area contributed by atoms with Gasteiger partial charge < -0.3 is 10.1 Å². The molecular weight excluding hydrogens is 412 g/mol. The number of ether oxygens (including phenoxy) is 1. The smallest absolute Gasteiger partial charge is 0.220 e. The molecule has 3 aromatic rings. The SMILES string of the molecule is Cc1ccc(C(=O)CCC(=O)CCC(=O)NCCCOc2cccc3cccnc23)s1. The molecule has 162 valence electrons. The van der Waals surface area contributed by atoms with Crippen molar-refractivity contribution < 1.29 is 19.1 Å². The van der Waals surface area contributed by atoms with E-state index in [1.165, 1.54) is 11.3 Å². The molecule has 7 heteroatoms. The van der Waals surface area contributed by atoms with E-state index in [-0.39, 0.29) is 43.2 Å². The Morgan fingerprint density at radius 2 is 1.81 bits per heavy atom. The summed E-state index contributed by atoms with van der Waals surface area (Å²) in [7, 11) is 0. The van der Waals surface area contributed by atoms with Crippen molar-refractivity contribution in [2.24, 2.45) is 0 Å². The zero-order valence-corrected chi connectivity index (χ0v) is 18.4. The highest BCUT2D eigenvalue weighted by Crippen LogP contribution is 2.23. The number of Topliss-reactive ketones (excluding diaryl/α,β-unsaturated/α-hetero) is 2. The number of hydrogen-bond acceptors (Lipinski definition) is 6. The maximum atomic E-state index is 12.0. The van der Waals surface area contributed by atoms with Gasteiger partial charge in [-0.05, 0) is 37.6 Å². The zero-order valence-electron chi connectivity index (χ0n) is 17.6. The molecule has 6 nitrogen and oxygen atoms in total. The summed E-state index contributed by atoms with van der Waals surface area (Å²) in [6.45, 7) is 2.87. The van der Waals surface area contributed by atoms with Crippen LogP contribution in [-0.2, 0) is 9.59 Å². The summed E-state index contributed by atoms with van der Waals surface area (Å²) < 4.78 is 5.79. The van der Waals surface area contributed by atoms with Gasteiger partial charge in [-0.15, -0.1) is 11.3 Å². The van der Waals surface area contributed by atoms with E-state index in [9.17, 15) is 14.4 Å². The van der Waals surface area contributed by atoms with E-state index >= 15 is 0 Å². The number of amides is 1. The number of carbonyl (C=O) groups excluding carboxylic acids is 3. The Bertz CT molecular complexity index is 1060. The molecule has 0 bridgehead atoms. The first-order valence-electron chi connectivity index (χ1n) is 10.4. The van der Waals surface area contributed by atoms with Crippen molar-refractivity contribution in [3.63, 3.8) is 0 Å². The Morgan fingerprint density at radius 1 is 1.00 bits per heavy atom. The van der Waals surface area contributed by atoms with Gasteiger partial charge in [-0.2, -0.15) is 0 Å². The van der Waals surface area contributed by atoms with Crippen LogP contribution in [0.1, 0.15) is 46.7 Å². The van der Waals surface area contributed by atoms with Crippen LogP contribution in [0.4, 0.5) is 0 Å². The molecular formula is C24H26N2O4S. The van der Waals surface area contributed by atoms with Crippen molar-refractivity contribution in [3.05, 3.63) is 58.4 Å². The average Bonchev–Trinajstić information content (AvgIpc) is 3.22. The number of nitrogens with zero attached hydrogens (tertiary/aromatic N) is 1. The molecule has 2 aromatic heterocycles. The molecule has 0 atom stereocenters. The minimum Gasteiger partial charge on any atom is -0.491 e. The van der Waals surface area contributed by atoms with Gasteiger partial charge >= 0.3 is 0 Å². The fourth-order valence-electron chi connectivity index (χ4n) is 3.10. The van der Waals surface area contributed by atoms with E-state index in [1.807, 2.05) is 43.3 Å². The van der Waals surface area contributed by atoms with Crippen LogP contribution in [0.2, 0.25) is 0 Å². The normalized spacial score (nSPS) is 10.7. The predicted molar refractivity (Wildman–Crippen MR) is 122 cm³/mol. The molecule has 0 saturated carbocycles. The monoisotopic (exact) mass is 438 g/mol. The Kier molecular flexibility index (Phi) is 8.29. The number of thiophene rings is 1. The molecule has 1 aromatic carbocycles. The summed E-state index contributed by atoms with van der Waals surface area (Å²) in [6.07, 6.45) is 3.05. The topological polar surface area (TPSA) is 85.4 Å². The van der Waals surface area contributed by atoms with Crippen LogP contribution in [0.25, 0.3) is 10.9 Å². The first-order chi connectivity index (χ1) is 15.0. The first-order valence-corrected chi connectivity index (χ1v) is 11.2. The number of nitrogens with one attached hydrogen (secondary N) is 1. The van der Waals surface area contributed by atoms with Crippen LogP contribution in [0, 0.1) is 6.92 Å². The molecule has 1 N–H and O–H groups in total. The Morgan fingerprint density at radius 3 is 2.61 bits per heavy atom. The second kappa shape index (κ2) is 11.4. The molecule has 0 aliphatic carbocycles. The van der Waals surface area contributed by atoms with Gasteiger partial charge in [-0.3, -0.25) is 19.4 Å². The summed E-state index contributed by atoms with van der Waals surface area (Å²) in [4.78, 5) is 42.1. The van der Waals surface area contributed by atoms with Gasteiger partial charge in [-0.25, -0.2) is 0 Å². The zero-order chi connectivity index (χ0) is 22.1. The van der Waals surface area contributed by atoms with Crippen LogP contribution < -0.4 is 10.1 Å². The standard InChI is InChI=1S/C24H26N2O4S/c1-17-8-12-22(31-17)20(28)11-9-19(27)10-13-23(29)25-15-4-16-30-21-7-2-5-18-6-3-14-26-24(18)21/h2-3,5-8,12,14H,4,9-11,13,15-16H2,1H3,(H,25,29). The number of benzene rings is 1. The van der Waals surface area contributed by atoms with Gasteiger partial charge in [0, 0.05) is 48.7 Å². The number of ketones is 2. The lowest BCUT2D eigenvalue weighted by molar-refractivity contribution is -0.125. The molecule has 0 aliphatic rings. The third kappa shape index (κ3) is 7.00. The summed E-state index contributed by atoms with van der Waals surface area (Å²) in [6, 6.07) is 13.3. The first kappa shape index (κ1) is 22.6. The number of rotatable bonds is 12. The highest BCUT2D eigenvalue weighted by molar-refractivity contribution is 7.14. The number of fused-ring (bicyclic) bond motifs is 1. The van der Waals surface area contributed by atoms with Crippen molar-refractivity contribution in [2.75, 3.05) is 13.2 Å². The number of hydrogen-bond donors (Lipinski definition) is 1. The highest BCUT2D eigenvalue weighted by Gasteiger charge is 2.12. The molecule has 0 fully saturated rings. The fraction of sp³-hybridized carbons (Fsp3) is 0.333. The van der Waals surface area contributed by atoms with E-state index in [4.69, 9.17) is 4.74 Å². The molecule has 0 saturated heterocycles. The molecule has 31 heavy (non-hydrogen) atoms. The van der Waals surface area contributed by atoms with E-state index in [2.05, 4.69) is 10.3 Å². The summed E-state index contributed by atoms with van der Waals surface area (Å²) in [5.41, 5.74) is 0.820. The largest absolute Gasteiger partial charge is 0.491 e. The van der Waals surface area contributed by atoms with Gasteiger partial charge in [0.25, 0.3) is 0 Å². The Balaban J connectivity index is 1.28. The highest BCUT2D eigenvalue weighted by atomic mass is 32.1. The molecule has 0 unspecified atom stereocenters. The summed E-state index contributed by atoms with van der Waals surface area (Å²) >= 11 is 1.44. The minimum absolute atomic E-state index is 0.0164. The van der Waals surface area contributed by atoms with Crippen molar-refractivity contribution >= 4 is 39.7 Å². The summed E-state index contributed by atoms with van der Waals surface area (Å²) in [5, 5.41) is 3.82. The van der Waals surface area contributed by atoms with Crippen LogP contribution in [0.3, 0.4) is 0 Å². The van der Waals surface area contributed by atoms with Crippen LogP contribution >= 0.6 is 11.3 Å². The van der Waals surface area contributed by atoms with Crippen LogP contribution in [0.5, 0.6) is 5.75 Å². The third-order valence-corrected chi connectivity index (χ3v) is 5.82. The van der Waals surface area contributed by atoms with E-state index in [1.54, 1.807) is 12.3 Å². The maximum Gasteiger partial charge on any atom is 0.220 e. The average molecular weight is 439 g/mol. The molecule has 3 rings (SSSR count). The molecule has 0 radical (unpaired) electrons. The van der Waals surface area contributed by atoms with Gasteiger partial charge in [-0.1, -0.05) is 18.2 Å². The van der Waals surface area contributed by atoms with Gasteiger partial charge in [0.15, 0.2) is 5.78 Å².